The number of aromatic nitrogens is 3. The largest absolute Gasteiger partial charge is 0.304 e. The van der Waals surface area contributed by atoms with Crippen LogP contribution in [0.2, 0.25) is 0 Å². The first-order valence-corrected chi connectivity index (χ1v) is 6.10. The molecule has 3 nitrogen and oxygen atoms in total. The van der Waals surface area contributed by atoms with E-state index in [2.05, 4.69) is 10.2 Å². The van der Waals surface area contributed by atoms with Gasteiger partial charge in [0.25, 0.3) is 0 Å². The van der Waals surface area contributed by atoms with Gasteiger partial charge >= 0.3 is 0 Å². The maximum absolute atomic E-state index is 13.1. The van der Waals surface area contributed by atoms with E-state index in [0.29, 0.717) is 16.8 Å². The lowest BCUT2D eigenvalue weighted by Gasteiger charge is -2.05. The van der Waals surface area contributed by atoms with Gasteiger partial charge in [-0.15, -0.1) is 0 Å². The fourth-order valence-electron chi connectivity index (χ4n) is 1.77. The van der Waals surface area contributed by atoms with E-state index in [1.54, 1.807) is 6.07 Å². The van der Waals surface area contributed by atoms with Crippen molar-refractivity contribution in [1.82, 2.24) is 14.8 Å². The van der Waals surface area contributed by atoms with Crippen molar-refractivity contribution in [2.75, 3.05) is 0 Å². The first-order chi connectivity index (χ1) is 8.61. The molecule has 0 fully saturated rings. The Morgan fingerprint density at radius 2 is 2.11 bits per heavy atom. The number of H-pyrrole nitrogens is 1. The molecule has 0 bridgehead atoms. The summed E-state index contributed by atoms with van der Waals surface area (Å²) in [5, 5.41) is 6.83. The number of rotatable bonds is 4. The number of hydrogen-bond acceptors (Lipinski definition) is 2. The fourth-order valence-corrected chi connectivity index (χ4v) is 2.01. The summed E-state index contributed by atoms with van der Waals surface area (Å²) in [6.45, 7) is 2.80. The third-order valence-electron chi connectivity index (χ3n) is 2.63. The van der Waals surface area contributed by atoms with Crippen LogP contribution in [-0.4, -0.2) is 14.8 Å². The summed E-state index contributed by atoms with van der Waals surface area (Å²) in [4.78, 5) is 0. The zero-order valence-electron chi connectivity index (χ0n) is 9.91. The van der Waals surface area contributed by atoms with Crippen LogP contribution < -0.4 is 0 Å². The van der Waals surface area contributed by atoms with Crippen molar-refractivity contribution in [2.45, 2.75) is 26.3 Å². The highest BCUT2D eigenvalue weighted by Gasteiger charge is 2.08. The van der Waals surface area contributed by atoms with Gasteiger partial charge in [0.1, 0.15) is 5.82 Å². The molecule has 0 aliphatic carbocycles. The molecule has 0 saturated heterocycles. The van der Waals surface area contributed by atoms with Gasteiger partial charge in [-0.1, -0.05) is 13.0 Å². The number of benzene rings is 1. The molecule has 96 valence electrons. The van der Waals surface area contributed by atoms with Gasteiger partial charge in [0.15, 0.2) is 16.4 Å². The van der Waals surface area contributed by atoms with Crippen LogP contribution in [0.1, 0.15) is 24.7 Å². The van der Waals surface area contributed by atoms with Crippen molar-refractivity contribution < 1.29 is 8.78 Å². The highest BCUT2D eigenvalue weighted by Crippen LogP contribution is 2.12. The zero-order chi connectivity index (χ0) is 13.1. The van der Waals surface area contributed by atoms with E-state index < -0.39 is 11.6 Å². The van der Waals surface area contributed by atoms with Crippen molar-refractivity contribution in [1.29, 1.82) is 0 Å². The highest BCUT2D eigenvalue weighted by molar-refractivity contribution is 7.71. The Balaban J connectivity index is 2.28. The first kappa shape index (κ1) is 12.9. The Morgan fingerprint density at radius 1 is 1.33 bits per heavy atom. The summed E-state index contributed by atoms with van der Waals surface area (Å²) in [5.41, 5.74) is 0.667. The molecular formula is C12H13F2N3S. The quantitative estimate of drug-likeness (QED) is 0.865. The molecule has 0 aliphatic rings. The lowest BCUT2D eigenvalue weighted by molar-refractivity contribution is 0.507. The topological polar surface area (TPSA) is 33.6 Å². The van der Waals surface area contributed by atoms with Gasteiger partial charge in [-0.25, -0.2) is 8.78 Å². The second kappa shape index (κ2) is 5.39. The Kier molecular flexibility index (Phi) is 3.86. The molecule has 6 heteroatoms. The monoisotopic (exact) mass is 269 g/mol. The van der Waals surface area contributed by atoms with E-state index in [1.165, 1.54) is 6.07 Å². The molecule has 1 N–H and O–H groups in total. The lowest BCUT2D eigenvalue weighted by atomic mass is 10.1. The molecule has 0 spiro atoms. The molecule has 0 atom stereocenters. The second-order valence-electron chi connectivity index (χ2n) is 4.02. The number of aromatic amines is 1. The van der Waals surface area contributed by atoms with Crippen LogP contribution in [0.4, 0.5) is 8.78 Å². The highest BCUT2D eigenvalue weighted by atomic mass is 32.1. The summed E-state index contributed by atoms with van der Waals surface area (Å²) >= 11 is 5.11. The summed E-state index contributed by atoms with van der Waals surface area (Å²) in [5.74, 6) is -0.956. The van der Waals surface area contributed by atoms with E-state index in [-0.39, 0.29) is 0 Å². The molecule has 0 unspecified atom stereocenters. The average Bonchev–Trinajstić information content (AvgIpc) is 2.67. The van der Waals surface area contributed by atoms with Gasteiger partial charge in [0.05, 0.1) is 0 Å². The molecule has 1 heterocycles. The minimum absolute atomic E-state index is 0.421. The van der Waals surface area contributed by atoms with Crippen LogP contribution in [0.5, 0.6) is 0 Å². The van der Waals surface area contributed by atoms with Gasteiger partial charge < -0.3 is 4.57 Å². The van der Waals surface area contributed by atoms with Gasteiger partial charge in [0, 0.05) is 13.0 Å². The number of nitrogens with zero attached hydrogens (tertiary/aromatic N) is 2. The average molecular weight is 269 g/mol. The molecule has 2 aromatic rings. The lowest BCUT2D eigenvalue weighted by Crippen LogP contribution is -2.04. The number of nitrogens with one attached hydrogen (secondary N) is 1. The molecule has 1 aromatic carbocycles. The SMILES string of the molecule is CCCn1c(Cc2ccc(F)c(F)c2)n[nH]c1=S. The first-order valence-electron chi connectivity index (χ1n) is 5.69. The van der Waals surface area contributed by atoms with Crippen molar-refractivity contribution in [3.63, 3.8) is 0 Å². The molecule has 0 aliphatic heterocycles. The minimum Gasteiger partial charge on any atom is -0.304 e. The standard InChI is InChI=1S/C12H13F2N3S/c1-2-5-17-11(15-16-12(17)18)7-8-3-4-9(13)10(14)6-8/h3-4,6H,2,5,7H2,1H3,(H,16,18). The molecule has 0 amide bonds. The minimum atomic E-state index is -0.844. The van der Waals surface area contributed by atoms with E-state index in [1.807, 2.05) is 11.5 Å². The van der Waals surface area contributed by atoms with Crippen LogP contribution in [0.25, 0.3) is 0 Å². The van der Waals surface area contributed by atoms with Crippen LogP contribution >= 0.6 is 12.2 Å². The van der Waals surface area contributed by atoms with Gasteiger partial charge in [-0.05, 0) is 36.3 Å². The normalized spacial score (nSPS) is 10.8. The molecule has 18 heavy (non-hydrogen) atoms. The Hall–Kier alpha value is -1.56. The molecule has 2 rings (SSSR count). The van der Waals surface area contributed by atoms with E-state index in [0.717, 1.165) is 24.9 Å². The number of halogens is 2. The predicted molar refractivity (Wildman–Crippen MR) is 66.9 cm³/mol. The van der Waals surface area contributed by atoms with E-state index in [9.17, 15) is 8.78 Å². The molecule has 0 radical (unpaired) electrons. The predicted octanol–water partition coefficient (Wildman–Crippen LogP) is 3.22. The van der Waals surface area contributed by atoms with Crippen LogP contribution in [0, 0.1) is 16.4 Å². The summed E-state index contributed by atoms with van der Waals surface area (Å²) < 4.78 is 28.4. The van der Waals surface area contributed by atoms with Gasteiger partial charge in [-0.3, -0.25) is 5.10 Å². The third kappa shape index (κ3) is 2.64. The Bertz CT molecular complexity index is 604. The molecule has 1 aromatic heterocycles. The van der Waals surface area contributed by atoms with Crippen LogP contribution in [-0.2, 0) is 13.0 Å². The smallest absolute Gasteiger partial charge is 0.195 e. The number of hydrogen-bond donors (Lipinski definition) is 1. The summed E-state index contributed by atoms with van der Waals surface area (Å²) in [6.07, 6.45) is 1.35. The van der Waals surface area contributed by atoms with Gasteiger partial charge in [-0.2, -0.15) is 5.10 Å². The maximum Gasteiger partial charge on any atom is 0.195 e. The summed E-state index contributed by atoms with van der Waals surface area (Å²) in [7, 11) is 0. The maximum atomic E-state index is 13.1. The van der Waals surface area contributed by atoms with Crippen LogP contribution in [0.3, 0.4) is 0 Å². The van der Waals surface area contributed by atoms with Crippen LogP contribution in [0.15, 0.2) is 18.2 Å². The summed E-state index contributed by atoms with van der Waals surface area (Å²) in [6, 6.07) is 3.85. The van der Waals surface area contributed by atoms with E-state index in [4.69, 9.17) is 12.2 Å². The van der Waals surface area contributed by atoms with Crippen molar-refractivity contribution in [3.05, 3.63) is 46.0 Å². The van der Waals surface area contributed by atoms with Crippen molar-refractivity contribution in [3.8, 4) is 0 Å². The third-order valence-corrected chi connectivity index (χ3v) is 2.94. The van der Waals surface area contributed by atoms with Gasteiger partial charge in [0.2, 0.25) is 0 Å². The molecular weight excluding hydrogens is 256 g/mol. The second-order valence-corrected chi connectivity index (χ2v) is 4.41. The van der Waals surface area contributed by atoms with E-state index >= 15 is 0 Å². The zero-order valence-corrected chi connectivity index (χ0v) is 10.7. The Morgan fingerprint density at radius 3 is 2.78 bits per heavy atom. The van der Waals surface area contributed by atoms with Crippen molar-refractivity contribution in [2.24, 2.45) is 0 Å². The Labute approximate surface area is 108 Å². The fraction of sp³-hybridized carbons (Fsp3) is 0.333. The van der Waals surface area contributed by atoms with Crippen molar-refractivity contribution >= 4 is 12.2 Å². The molecule has 0 saturated carbocycles.